The first-order valence-corrected chi connectivity index (χ1v) is 15.1. The number of methoxy groups -OCH3 is 1. The fourth-order valence-electron chi connectivity index (χ4n) is 5.75. The summed E-state index contributed by atoms with van der Waals surface area (Å²) in [6.07, 6.45) is 7.75. The van der Waals surface area contributed by atoms with Crippen molar-refractivity contribution in [2.24, 2.45) is 11.7 Å². The van der Waals surface area contributed by atoms with Crippen LogP contribution in [0.5, 0.6) is 11.5 Å². The number of ether oxygens (including phenoxy) is 7. The molecule has 1 aliphatic heterocycles. The topological polar surface area (TPSA) is 125 Å². The van der Waals surface area contributed by atoms with E-state index in [2.05, 4.69) is 33.8 Å². The Kier molecular flexibility index (Phi) is 13.3. The molecule has 10 heteroatoms. The van der Waals surface area contributed by atoms with E-state index in [1.54, 1.807) is 7.11 Å². The van der Waals surface area contributed by atoms with Gasteiger partial charge in [-0.3, -0.25) is 0 Å². The monoisotopic (exact) mass is 591 g/mol. The van der Waals surface area contributed by atoms with Crippen molar-refractivity contribution in [3.63, 3.8) is 0 Å². The Labute approximate surface area is 250 Å². The first-order chi connectivity index (χ1) is 20.1. The summed E-state index contributed by atoms with van der Waals surface area (Å²) in [7, 11) is 1.62. The van der Waals surface area contributed by atoms with Crippen LogP contribution in [0.1, 0.15) is 70.9 Å². The molecule has 1 aliphatic carbocycles. The number of hydrogen-bond donors (Lipinski definition) is 1. The third kappa shape index (κ3) is 9.25. The predicted octanol–water partition coefficient (Wildman–Crippen LogP) is 4.25. The second kappa shape index (κ2) is 16.4. The van der Waals surface area contributed by atoms with Crippen LogP contribution in [0.4, 0.5) is 0 Å². The van der Waals surface area contributed by atoms with Crippen LogP contribution in [0.25, 0.3) is 0 Å². The Bertz CT molecular complexity index is 1070. The number of carbonyl (C=O) groups excluding carboxylic acids is 2. The zero-order valence-electron chi connectivity index (χ0n) is 26.0. The molecule has 42 heavy (non-hydrogen) atoms. The van der Waals surface area contributed by atoms with Gasteiger partial charge in [0, 0.05) is 13.0 Å². The van der Waals surface area contributed by atoms with E-state index >= 15 is 0 Å². The minimum absolute atomic E-state index is 0.0409. The van der Waals surface area contributed by atoms with Gasteiger partial charge < -0.3 is 38.9 Å². The average Bonchev–Trinajstić information content (AvgIpc) is 2.92. The minimum atomic E-state index is -1.11. The number of rotatable bonds is 17. The molecular weight excluding hydrogens is 542 g/mol. The molecule has 0 radical (unpaired) electrons. The van der Waals surface area contributed by atoms with Gasteiger partial charge in [-0.25, -0.2) is 9.59 Å². The molecule has 2 atom stereocenters. The number of hydrogen-bond acceptors (Lipinski definition) is 10. The zero-order valence-corrected chi connectivity index (χ0v) is 26.0. The second-order valence-corrected chi connectivity index (χ2v) is 11.5. The molecule has 0 spiro atoms. The van der Waals surface area contributed by atoms with Crippen molar-refractivity contribution in [1.29, 1.82) is 0 Å². The summed E-state index contributed by atoms with van der Waals surface area (Å²) in [5.41, 5.74) is 8.44. The largest absolute Gasteiger partial charge is 0.487 e. The lowest BCUT2D eigenvalue weighted by atomic mass is 9.63. The molecule has 0 bridgehead atoms. The van der Waals surface area contributed by atoms with Gasteiger partial charge in [-0.2, -0.15) is 0 Å². The number of nitrogens with two attached hydrogens (primary N) is 1. The van der Waals surface area contributed by atoms with Crippen molar-refractivity contribution in [2.45, 2.75) is 77.4 Å². The summed E-state index contributed by atoms with van der Waals surface area (Å²) >= 11 is 0. The Morgan fingerprint density at radius 1 is 0.952 bits per heavy atom. The van der Waals surface area contributed by atoms with E-state index < -0.39 is 23.1 Å². The third-order valence-corrected chi connectivity index (χ3v) is 7.74. The van der Waals surface area contributed by atoms with Crippen LogP contribution in [-0.2, 0) is 45.2 Å². The van der Waals surface area contributed by atoms with E-state index in [1.807, 2.05) is 12.1 Å². The summed E-state index contributed by atoms with van der Waals surface area (Å²) in [4.78, 5) is 25.4. The summed E-state index contributed by atoms with van der Waals surface area (Å²) in [6.45, 7) is 11.0. The van der Waals surface area contributed by atoms with Crippen LogP contribution >= 0.6 is 0 Å². The second-order valence-electron chi connectivity index (χ2n) is 11.5. The molecule has 0 aromatic heterocycles. The molecule has 0 saturated heterocycles. The average molecular weight is 592 g/mol. The van der Waals surface area contributed by atoms with Gasteiger partial charge in [0.15, 0.2) is 0 Å². The number of esters is 2. The van der Waals surface area contributed by atoms with E-state index in [4.69, 9.17) is 38.9 Å². The summed E-state index contributed by atoms with van der Waals surface area (Å²) in [5.74, 6) is -1.41. The normalized spacial score (nSPS) is 20.6. The number of fused-ring (bicyclic) bond motifs is 3. The number of aryl methyl sites for hydroxylation is 1. The number of carbonyl (C=O) groups is 2. The molecule has 1 aromatic carbocycles. The maximum atomic E-state index is 12.9. The highest BCUT2D eigenvalue weighted by Crippen LogP contribution is 2.54. The Morgan fingerprint density at radius 3 is 2.24 bits per heavy atom. The fourth-order valence-corrected chi connectivity index (χ4v) is 5.75. The van der Waals surface area contributed by atoms with Gasteiger partial charge in [0.2, 0.25) is 0 Å². The van der Waals surface area contributed by atoms with Crippen LogP contribution in [0.15, 0.2) is 23.8 Å². The van der Waals surface area contributed by atoms with Crippen LogP contribution in [0.3, 0.4) is 0 Å². The molecule has 236 valence electrons. The molecule has 1 aromatic rings. The zero-order chi connectivity index (χ0) is 30.6. The lowest BCUT2D eigenvalue weighted by molar-refractivity contribution is -0.163. The Morgan fingerprint density at radius 2 is 1.60 bits per heavy atom. The molecule has 2 N–H and O–H groups in total. The van der Waals surface area contributed by atoms with Gasteiger partial charge in [-0.1, -0.05) is 31.4 Å². The summed E-state index contributed by atoms with van der Waals surface area (Å²) < 4.78 is 38.4. The third-order valence-electron chi connectivity index (χ3n) is 7.74. The highest BCUT2D eigenvalue weighted by molar-refractivity contribution is 6.30. The standard InChI is InChI=1S/C32H49NO9/c1-6-7-8-9-24-20-25(28-26(21-24)42-31(3,4)27-11-10-23(2)22-32(27,28)33)41-30(35)29(34)40-19-18-39-17-16-38-15-14-37-13-12-36-5/h20-22,27H,6-19,33H2,1-5H3/t27?,32-/m0/s1. The summed E-state index contributed by atoms with van der Waals surface area (Å²) in [5, 5.41) is 0. The van der Waals surface area contributed by atoms with Crippen molar-refractivity contribution in [2.75, 3.05) is 60.0 Å². The highest BCUT2D eigenvalue weighted by atomic mass is 16.6. The van der Waals surface area contributed by atoms with Gasteiger partial charge in [-0.05, 0) is 64.2 Å². The minimum Gasteiger partial charge on any atom is -0.487 e. The first-order valence-electron chi connectivity index (χ1n) is 15.1. The Hall–Kier alpha value is -2.50. The van der Waals surface area contributed by atoms with E-state index in [-0.39, 0.29) is 24.9 Å². The smallest absolute Gasteiger partial charge is 0.422 e. The number of unbranched alkanes of at least 4 members (excludes halogenated alkanes) is 2. The first kappa shape index (κ1) is 34.0. The van der Waals surface area contributed by atoms with E-state index in [0.29, 0.717) is 51.0 Å². The van der Waals surface area contributed by atoms with Gasteiger partial charge in [-0.15, -0.1) is 0 Å². The molecule has 1 unspecified atom stereocenters. The van der Waals surface area contributed by atoms with Crippen molar-refractivity contribution in [3.8, 4) is 11.5 Å². The SMILES string of the molecule is CCCCCc1cc(OC(=O)C(=O)OCCOCCOCCOCCOC)c2c(c1)OC(C)(C)C1CCC(C)=C[C@@]21N. The quantitative estimate of drug-likeness (QED) is 0.0924. The van der Waals surface area contributed by atoms with Crippen molar-refractivity contribution in [1.82, 2.24) is 0 Å². The van der Waals surface area contributed by atoms with Gasteiger partial charge in [0.05, 0.1) is 57.4 Å². The van der Waals surface area contributed by atoms with Gasteiger partial charge in [0.25, 0.3) is 0 Å². The molecule has 0 saturated carbocycles. The predicted molar refractivity (Wildman–Crippen MR) is 158 cm³/mol. The lowest BCUT2D eigenvalue weighted by Gasteiger charge is -2.52. The molecule has 2 aliphatic rings. The van der Waals surface area contributed by atoms with Crippen LogP contribution in [-0.4, -0.2) is 77.5 Å². The van der Waals surface area contributed by atoms with Crippen LogP contribution in [0.2, 0.25) is 0 Å². The molecule has 3 rings (SSSR count). The van der Waals surface area contributed by atoms with Crippen molar-refractivity contribution < 1.29 is 42.7 Å². The van der Waals surface area contributed by atoms with Crippen molar-refractivity contribution >= 4 is 11.9 Å². The van der Waals surface area contributed by atoms with Crippen LogP contribution in [0, 0.1) is 5.92 Å². The van der Waals surface area contributed by atoms with E-state index in [9.17, 15) is 9.59 Å². The molecule has 10 nitrogen and oxygen atoms in total. The fraction of sp³-hybridized carbons (Fsp3) is 0.688. The van der Waals surface area contributed by atoms with Crippen LogP contribution < -0.4 is 15.2 Å². The number of benzene rings is 1. The maximum absolute atomic E-state index is 12.9. The van der Waals surface area contributed by atoms with Gasteiger partial charge >= 0.3 is 11.9 Å². The maximum Gasteiger partial charge on any atom is 0.422 e. The van der Waals surface area contributed by atoms with Crippen molar-refractivity contribution in [3.05, 3.63) is 34.9 Å². The highest BCUT2D eigenvalue weighted by Gasteiger charge is 2.53. The van der Waals surface area contributed by atoms with E-state index in [0.717, 1.165) is 44.1 Å². The summed E-state index contributed by atoms with van der Waals surface area (Å²) in [6, 6.07) is 3.82. The molecule has 0 fully saturated rings. The molecule has 1 heterocycles. The van der Waals surface area contributed by atoms with E-state index in [1.165, 1.54) is 5.57 Å². The molecular formula is C32H49NO9. The Balaban J connectivity index is 1.61. The molecule has 0 amide bonds. The number of allylic oxidation sites excluding steroid dienone is 1. The lowest BCUT2D eigenvalue weighted by Crippen LogP contribution is -2.58. The van der Waals surface area contributed by atoms with Gasteiger partial charge in [0.1, 0.15) is 23.7 Å².